The summed E-state index contributed by atoms with van der Waals surface area (Å²) in [4.78, 5) is 24.9. The fourth-order valence-corrected chi connectivity index (χ4v) is 3.45. The lowest BCUT2D eigenvalue weighted by atomic mass is 10.1. The highest BCUT2D eigenvalue weighted by molar-refractivity contribution is 6.33. The summed E-state index contributed by atoms with van der Waals surface area (Å²) in [5, 5.41) is 8.40. The van der Waals surface area contributed by atoms with Crippen molar-refractivity contribution in [2.75, 3.05) is 31.1 Å². The Balaban J connectivity index is 1.53. The smallest absolute Gasteiger partial charge is 0.258 e. The topological polar surface area (TPSA) is 80.0 Å². The van der Waals surface area contributed by atoms with Crippen LogP contribution in [0.1, 0.15) is 17.3 Å². The molecule has 1 saturated heterocycles. The maximum absolute atomic E-state index is 14.0. The number of fused-ring (bicyclic) bond motifs is 1. The third kappa shape index (κ3) is 3.08. The molecule has 0 radical (unpaired) electrons. The van der Waals surface area contributed by atoms with Crippen molar-refractivity contribution in [2.24, 2.45) is 0 Å². The Kier molecular flexibility index (Phi) is 4.61. The molecular formula is C17H17ClFN7O. The zero-order valence-electron chi connectivity index (χ0n) is 14.6. The first-order valence-corrected chi connectivity index (χ1v) is 9.00. The molecule has 3 aromatic rings. The third-order valence-corrected chi connectivity index (χ3v) is 4.94. The first-order chi connectivity index (χ1) is 13.1. The molecule has 1 aliphatic heterocycles. The first-order valence-electron chi connectivity index (χ1n) is 8.62. The fourth-order valence-electron chi connectivity index (χ4n) is 3.21. The van der Waals surface area contributed by atoms with Gasteiger partial charge in [-0.15, -0.1) is 5.10 Å². The van der Waals surface area contributed by atoms with E-state index in [9.17, 15) is 9.18 Å². The number of aryl methyl sites for hydroxylation is 1. The third-order valence-electron chi connectivity index (χ3n) is 4.62. The van der Waals surface area contributed by atoms with Crippen LogP contribution >= 0.6 is 11.6 Å². The Labute approximate surface area is 159 Å². The first kappa shape index (κ1) is 17.6. The van der Waals surface area contributed by atoms with E-state index in [4.69, 9.17) is 11.6 Å². The molecule has 0 saturated carbocycles. The molecule has 0 atom stereocenters. The number of nitrogens with zero attached hydrogens (tertiary/aromatic N) is 7. The number of hydrogen-bond donors (Lipinski definition) is 0. The second-order valence-electron chi connectivity index (χ2n) is 6.15. The second-order valence-corrected chi connectivity index (χ2v) is 6.56. The molecule has 0 N–H and O–H groups in total. The Morgan fingerprint density at radius 1 is 1.22 bits per heavy atom. The van der Waals surface area contributed by atoms with Crippen LogP contribution in [0, 0.1) is 5.82 Å². The van der Waals surface area contributed by atoms with Gasteiger partial charge in [0.1, 0.15) is 12.1 Å². The quantitative estimate of drug-likeness (QED) is 0.681. The molecule has 140 valence electrons. The van der Waals surface area contributed by atoms with Gasteiger partial charge < -0.3 is 9.80 Å². The molecule has 4 rings (SSSR count). The minimum Gasteiger partial charge on any atom is -0.351 e. The van der Waals surface area contributed by atoms with Gasteiger partial charge in [-0.1, -0.05) is 22.9 Å². The van der Waals surface area contributed by atoms with E-state index in [2.05, 4.69) is 20.3 Å². The molecular weight excluding hydrogens is 373 g/mol. The summed E-state index contributed by atoms with van der Waals surface area (Å²) in [7, 11) is 0. The van der Waals surface area contributed by atoms with Crippen molar-refractivity contribution in [3.63, 3.8) is 0 Å². The van der Waals surface area contributed by atoms with Crippen LogP contribution in [0.3, 0.4) is 0 Å². The molecule has 27 heavy (non-hydrogen) atoms. The number of halogens is 2. The van der Waals surface area contributed by atoms with Gasteiger partial charge in [-0.2, -0.15) is 0 Å². The number of aromatic nitrogens is 5. The number of anilines is 1. The minimum absolute atomic E-state index is 0.0806. The maximum atomic E-state index is 14.0. The second kappa shape index (κ2) is 7.07. The predicted octanol–water partition coefficient (Wildman–Crippen LogP) is 2.00. The van der Waals surface area contributed by atoms with Gasteiger partial charge in [0.2, 0.25) is 0 Å². The van der Waals surface area contributed by atoms with Crippen molar-refractivity contribution in [1.29, 1.82) is 0 Å². The van der Waals surface area contributed by atoms with Gasteiger partial charge in [0, 0.05) is 32.7 Å². The normalized spacial score (nSPS) is 14.8. The lowest BCUT2D eigenvalue weighted by molar-refractivity contribution is 0.0742. The van der Waals surface area contributed by atoms with Gasteiger partial charge >= 0.3 is 0 Å². The number of rotatable bonds is 3. The van der Waals surface area contributed by atoms with E-state index in [1.165, 1.54) is 24.5 Å². The number of amides is 1. The molecule has 0 spiro atoms. The average Bonchev–Trinajstić information content (AvgIpc) is 3.11. The van der Waals surface area contributed by atoms with Gasteiger partial charge in [0.05, 0.1) is 10.6 Å². The van der Waals surface area contributed by atoms with E-state index in [1.54, 1.807) is 9.58 Å². The summed E-state index contributed by atoms with van der Waals surface area (Å²) in [6, 6.07) is 4.24. The number of carbonyl (C=O) groups excluding carboxylic acids is 1. The Bertz CT molecular complexity index is 980. The lowest BCUT2D eigenvalue weighted by Gasteiger charge is -2.35. The predicted molar refractivity (Wildman–Crippen MR) is 98.3 cm³/mol. The highest BCUT2D eigenvalue weighted by atomic mass is 35.5. The van der Waals surface area contributed by atoms with Crippen LogP contribution in [0.4, 0.5) is 10.2 Å². The van der Waals surface area contributed by atoms with Gasteiger partial charge in [-0.25, -0.2) is 19.0 Å². The van der Waals surface area contributed by atoms with Gasteiger partial charge in [-0.05, 0) is 19.1 Å². The van der Waals surface area contributed by atoms with Crippen LogP contribution < -0.4 is 4.90 Å². The molecule has 10 heteroatoms. The summed E-state index contributed by atoms with van der Waals surface area (Å²) in [6.07, 6.45) is 1.49. The van der Waals surface area contributed by atoms with Gasteiger partial charge in [0.15, 0.2) is 17.0 Å². The maximum Gasteiger partial charge on any atom is 0.258 e. The summed E-state index contributed by atoms with van der Waals surface area (Å²) in [6.45, 7) is 4.58. The van der Waals surface area contributed by atoms with Crippen LogP contribution in [0.15, 0.2) is 24.5 Å². The molecule has 0 unspecified atom stereocenters. The monoisotopic (exact) mass is 389 g/mol. The number of carbonyl (C=O) groups is 1. The van der Waals surface area contributed by atoms with Gasteiger partial charge in [-0.3, -0.25) is 4.79 Å². The largest absolute Gasteiger partial charge is 0.351 e. The van der Waals surface area contributed by atoms with Crippen LogP contribution in [0.25, 0.3) is 11.2 Å². The van der Waals surface area contributed by atoms with Gasteiger partial charge in [0.25, 0.3) is 5.91 Å². The zero-order valence-corrected chi connectivity index (χ0v) is 15.4. The summed E-state index contributed by atoms with van der Waals surface area (Å²) in [5.74, 6) is -0.318. The van der Waals surface area contributed by atoms with Crippen molar-refractivity contribution < 1.29 is 9.18 Å². The summed E-state index contributed by atoms with van der Waals surface area (Å²) in [5.41, 5.74) is 1.23. The van der Waals surface area contributed by atoms with E-state index in [0.717, 1.165) is 0 Å². The lowest BCUT2D eigenvalue weighted by Crippen LogP contribution is -2.49. The number of hydrogen-bond acceptors (Lipinski definition) is 6. The van der Waals surface area contributed by atoms with Crippen molar-refractivity contribution in [3.05, 3.63) is 40.9 Å². The van der Waals surface area contributed by atoms with E-state index in [-0.39, 0.29) is 10.6 Å². The Morgan fingerprint density at radius 2 is 2.00 bits per heavy atom. The average molecular weight is 390 g/mol. The Hall–Kier alpha value is -2.81. The molecule has 1 aromatic carbocycles. The standard InChI is InChI=1S/C17H17ClFN7O/c1-2-26-16-14(22-23-26)15(20-10-21-16)24-6-8-25(9-7-24)17(27)13-11(18)4-3-5-12(13)19/h3-5,10H,2,6-9H2,1H3. The Morgan fingerprint density at radius 3 is 2.70 bits per heavy atom. The molecule has 2 aromatic heterocycles. The molecule has 0 aliphatic carbocycles. The van der Waals surface area contributed by atoms with Crippen LogP contribution in [-0.2, 0) is 6.54 Å². The summed E-state index contributed by atoms with van der Waals surface area (Å²) >= 11 is 6.02. The molecule has 0 bridgehead atoms. The fraction of sp³-hybridized carbons (Fsp3) is 0.353. The van der Waals surface area contributed by atoms with E-state index < -0.39 is 11.7 Å². The molecule has 1 amide bonds. The molecule has 1 aliphatic rings. The molecule has 3 heterocycles. The highest BCUT2D eigenvalue weighted by Crippen LogP contribution is 2.24. The van der Waals surface area contributed by atoms with E-state index in [0.29, 0.717) is 49.7 Å². The highest BCUT2D eigenvalue weighted by Gasteiger charge is 2.27. The van der Waals surface area contributed by atoms with Crippen molar-refractivity contribution >= 4 is 34.5 Å². The molecule has 8 nitrogen and oxygen atoms in total. The number of benzene rings is 1. The summed E-state index contributed by atoms with van der Waals surface area (Å²) < 4.78 is 15.7. The molecule has 1 fully saturated rings. The zero-order chi connectivity index (χ0) is 19.0. The van der Waals surface area contributed by atoms with E-state index in [1.807, 2.05) is 11.8 Å². The SMILES string of the molecule is CCn1nnc2c(N3CCN(C(=O)c4c(F)cccc4Cl)CC3)ncnc21. The van der Waals surface area contributed by atoms with Crippen molar-refractivity contribution in [1.82, 2.24) is 29.9 Å². The van der Waals surface area contributed by atoms with Crippen LogP contribution in [0.5, 0.6) is 0 Å². The van der Waals surface area contributed by atoms with Crippen LogP contribution in [-0.4, -0.2) is 61.9 Å². The minimum atomic E-state index is -0.608. The van der Waals surface area contributed by atoms with Crippen molar-refractivity contribution in [2.45, 2.75) is 13.5 Å². The van der Waals surface area contributed by atoms with E-state index >= 15 is 0 Å². The van der Waals surface area contributed by atoms with Crippen molar-refractivity contribution in [3.8, 4) is 0 Å². The van der Waals surface area contributed by atoms with Crippen LogP contribution in [0.2, 0.25) is 5.02 Å². The number of piperazine rings is 1.